The Balaban J connectivity index is 0.00000352. The SMILES string of the molecule is O=C(Nc1ccc(C(=O)Nc2cccc3cc(S(=O)(=O)O)cc(O)c23)c(S(=O)(=O)O)c1)Nc1ccc(C(=O)Nc2cccc3cc(S(=O)(=O)O)cc(O)c23)c(S(=O)(=O)O)c1.[Na].[Na].[Na].[Na]. The summed E-state index contributed by atoms with van der Waals surface area (Å²) in [5, 5.41) is 30.0. The number of aromatic hydroxyl groups is 2. The molecule has 0 aromatic heterocycles. The summed E-state index contributed by atoms with van der Waals surface area (Å²) in [6.07, 6.45) is 0. The molecule has 0 saturated carbocycles. The number of amides is 4. The van der Waals surface area contributed by atoms with Crippen LogP contribution in [0.25, 0.3) is 21.5 Å². The van der Waals surface area contributed by atoms with E-state index in [2.05, 4.69) is 21.3 Å². The molecule has 6 aromatic rings. The van der Waals surface area contributed by atoms with E-state index in [9.17, 15) is 76.5 Å². The maximum absolute atomic E-state index is 13.3. The fourth-order valence-corrected chi connectivity index (χ4v) is 8.44. The maximum Gasteiger partial charge on any atom is 0.323 e. The van der Waals surface area contributed by atoms with Crippen molar-refractivity contribution in [2.75, 3.05) is 21.3 Å². The van der Waals surface area contributed by atoms with Gasteiger partial charge in [-0.25, -0.2) is 4.79 Å². The van der Waals surface area contributed by atoms with Gasteiger partial charge in [-0.05, 0) is 71.4 Å². The van der Waals surface area contributed by atoms with Crippen molar-refractivity contribution < 1.29 is 76.5 Å². The number of fused-ring (bicyclic) bond motifs is 2. The van der Waals surface area contributed by atoms with Crippen molar-refractivity contribution >= 4 is 221 Å². The Morgan fingerprint density at radius 3 is 1.08 bits per heavy atom. The summed E-state index contributed by atoms with van der Waals surface area (Å²) in [4.78, 5) is 36.2. The molecule has 6 aromatic carbocycles. The van der Waals surface area contributed by atoms with Gasteiger partial charge in [-0.15, -0.1) is 0 Å². The largest absolute Gasteiger partial charge is 0.507 e. The number of nitrogens with one attached hydrogen (secondary N) is 4. The predicted molar refractivity (Wildman–Crippen MR) is 235 cm³/mol. The van der Waals surface area contributed by atoms with Crippen LogP contribution in [0.2, 0.25) is 0 Å². The third-order valence-electron chi connectivity index (χ3n) is 8.48. The number of benzene rings is 6. The molecule has 0 unspecified atom stereocenters. The Morgan fingerprint density at radius 1 is 0.422 bits per heavy atom. The van der Waals surface area contributed by atoms with E-state index in [1.165, 1.54) is 36.4 Å². The molecule has 0 aliphatic heterocycles. The average molecular weight is 995 g/mol. The minimum absolute atomic E-state index is 0. The van der Waals surface area contributed by atoms with Crippen LogP contribution in [-0.4, -0.2) is 198 Å². The van der Waals surface area contributed by atoms with Crippen LogP contribution in [0.15, 0.2) is 117 Å². The van der Waals surface area contributed by atoms with Crippen molar-refractivity contribution in [1.82, 2.24) is 0 Å². The molecule has 0 atom stereocenters. The second kappa shape index (κ2) is 21.9. The van der Waals surface area contributed by atoms with E-state index in [0.29, 0.717) is 24.3 Å². The van der Waals surface area contributed by atoms with E-state index in [4.69, 9.17) is 0 Å². The van der Waals surface area contributed by atoms with Crippen molar-refractivity contribution in [2.24, 2.45) is 0 Å². The second-order valence-electron chi connectivity index (χ2n) is 12.5. The van der Waals surface area contributed by atoms with Crippen molar-refractivity contribution in [3.8, 4) is 11.5 Å². The van der Waals surface area contributed by atoms with E-state index < -0.39 is 101 Å². The van der Waals surface area contributed by atoms with Gasteiger partial charge in [0.1, 0.15) is 21.3 Å². The maximum atomic E-state index is 13.3. The minimum atomic E-state index is -5.20. The van der Waals surface area contributed by atoms with Gasteiger partial charge < -0.3 is 31.5 Å². The predicted octanol–water partition coefficient (Wildman–Crippen LogP) is 3.02. The van der Waals surface area contributed by atoms with Crippen LogP contribution in [0.3, 0.4) is 0 Å². The molecule has 29 heteroatoms. The molecular weight excluding hydrogens is 969 g/mol. The molecule has 64 heavy (non-hydrogen) atoms. The van der Waals surface area contributed by atoms with Crippen LogP contribution in [0.1, 0.15) is 20.7 Å². The van der Waals surface area contributed by atoms with Gasteiger partial charge in [0.05, 0.1) is 32.3 Å². The number of phenols is 2. The Kier molecular flexibility index (Phi) is 19.7. The molecule has 0 aliphatic carbocycles. The molecule has 0 aliphatic rings. The number of hydrogen-bond acceptors (Lipinski definition) is 13. The Labute approximate surface area is 452 Å². The number of anilines is 4. The van der Waals surface area contributed by atoms with Crippen LogP contribution in [0.4, 0.5) is 27.5 Å². The molecule has 4 radical (unpaired) electrons. The van der Waals surface area contributed by atoms with Crippen LogP contribution in [0.5, 0.6) is 11.5 Å². The van der Waals surface area contributed by atoms with E-state index in [1.807, 2.05) is 0 Å². The summed E-state index contributed by atoms with van der Waals surface area (Å²) < 4.78 is 135. The van der Waals surface area contributed by atoms with E-state index in [-0.39, 0.29) is 163 Å². The van der Waals surface area contributed by atoms with Gasteiger partial charge in [-0.1, -0.05) is 24.3 Å². The molecule has 0 fully saturated rings. The molecular formula is C35H26N4Na4O17S4. The van der Waals surface area contributed by atoms with Crippen LogP contribution in [-0.2, 0) is 40.5 Å². The molecule has 0 saturated heterocycles. The summed E-state index contributed by atoms with van der Waals surface area (Å²) in [5.41, 5.74) is -2.30. The third-order valence-corrected chi connectivity index (χ3v) is 11.9. The van der Waals surface area contributed by atoms with Crippen LogP contribution >= 0.6 is 0 Å². The van der Waals surface area contributed by atoms with Crippen molar-refractivity contribution in [3.63, 3.8) is 0 Å². The molecule has 0 heterocycles. The molecule has 4 amide bonds. The fourth-order valence-electron chi connectivity index (χ4n) is 5.94. The first-order chi connectivity index (χ1) is 27.8. The van der Waals surface area contributed by atoms with E-state index >= 15 is 0 Å². The Bertz CT molecular complexity index is 3110. The number of rotatable bonds is 10. The Morgan fingerprint density at radius 2 is 0.766 bits per heavy atom. The summed E-state index contributed by atoms with van der Waals surface area (Å²) in [5.74, 6) is -3.67. The fraction of sp³-hybridized carbons (Fsp3) is 0. The van der Waals surface area contributed by atoms with Gasteiger partial charge in [0.2, 0.25) is 0 Å². The first kappa shape index (κ1) is 57.4. The van der Waals surface area contributed by atoms with Gasteiger partial charge in [-0.3, -0.25) is 27.8 Å². The molecule has 6 rings (SSSR count). The third kappa shape index (κ3) is 13.3. The Hall–Kier alpha value is -2.71. The van der Waals surface area contributed by atoms with Gasteiger partial charge >= 0.3 is 6.03 Å². The van der Waals surface area contributed by atoms with Crippen LogP contribution in [0, 0.1) is 0 Å². The summed E-state index contributed by atoms with van der Waals surface area (Å²) >= 11 is 0. The standard InChI is InChI=1S/C35H26N4O17S4.4Na/c40-27-15-21(57(45,46)47)11-17-3-1-5-25(31(17)27)38-33(42)23-9-7-19(13-29(23)59(51,52)53)36-35(44)37-20-8-10-24(30(14-20)60(54,55)56)34(43)39-26-6-2-4-18-12-22(58(48,49)50)16-28(41)32(18)26;;;;/h1-16,40-41H,(H,38,42)(H,39,43)(H2,36,37,44)(H,45,46,47)(H,48,49,50)(H,51,52,53)(H,54,55,56);;;;. The molecule has 10 N–H and O–H groups in total. The zero-order chi connectivity index (χ0) is 44.1. The number of carbonyl (C=O) groups is 3. The monoisotopic (exact) mass is 994 g/mol. The molecule has 21 nitrogen and oxygen atoms in total. The zero-order valence-electron chi connectivity index (χ0n) is 33.5. The number of carbonyl (C=O) groups excluding carboxylic acids is 3. The second-order valence-corrected chi connectivity index (χ2v) is 18.1. The van der Waals surface area contributed by atoms with E-state index in [1.54, 1.807) is 0 Å². The van der Waals surface area contributed by atoms with E-state index in [0.717, 1.165) is 36.4 Å². The zero-order valence-corrected chi connectivity index (χ0v) is 44.8. The number of phenolic OH excluding ortho intramolecular Hbond substituents is 2. The summed E-state index contributed by atoms with van der Waals surface area (Å²) in [6, 6.07) is 15.4. The van der Waals surface area contributed by atoms with Crippen molar-refractivity contribution in [2.45, 2.75) is 19.6 Å². The number of hydrogen-bond donors (Lipinski definition) is 10. The normalized spacial score (nSPS) is 11.4. The average Bonchev–Trinajstić information content (AvgIpc) is 3.13. The van der Waals surface area contributed by atoms with Crippen molar-refractivity contribution in [1.29, 1.82) is 0 Å². The van der Waals surface area contributed by atoms with Gasteiger partial charge in [0, 0.05) is 153 Å². The smallest absolute Gasteiger partial charge is 0.323 e. The first-order valence-electron chi connectivity index (χ1n) is 16.2. The topological polar surface area (TPSA) is 357 Å². The molecule has 316 valence electrons. The van der Waals surface area contributed by atoms with Gasteiger partial charge in [0.25, 0.3) is 52.3 Å². The minimum Gasteiger partial charge on any atom is -0.507 e. The molecule has 0 spiro atoms. The summed E-state index contributed by atoms with van der Waals surface area (Å²) in [6.45, 7) is 0. The quantitative estimate of drug-likeness (QED) is 0.0696. The van der Waals surface area contributed by atoms with Gasteiger partial charge in [0.15, 0.2) is 0 Å². The van der Waals surface area contributed by atoms with Crippen molar-refractivity contribution in [3.05, 3.63) is 108 Å². The van der Waals surface area contributed by atoms with Gasteiger partial charge in [-0.2, -0.15) is 33.7 Å². The molecule has 0 bridgehead atoms. The number of urea groups is 1. The summed E-state index contributed by atoms with van der Waals surface area (Å²) in [7, 11) is -19.9. The van der Waals surface area contributed by atoms with Crippen LogP contribution < -0.4 is 21.3 Å². The first-order valence-corrected chi connectivity index (χ1v) is 22.0.